The van der Waals surface area contributed by atoms with E-state index in [9.17, 15) is 18.0 Å². The number of carbonyl (C=O) groups is 1. The molecular weight excluding hydrogens is 332 g/mol. The molecular formula is C11H13Cl2F3N4O. The monoisotopic (exact) mass is 344 g/mol. The number of alkyl halides is 2. The highest BCUT2D eigenvalue weighted by molar-refractivity contribution is 6.04. The topological polar surface area (TPSA) is 83.8 Å². The van der Waals surface area contributed by atoms with Gasteiger partial charge < -0.3 is 16.0 Å². The highest BCUT2D eigenvalue weighted by Gasteiger charge is 2.27. The predicted octanol–water partition coefficient (Wildman–Crippen LogP) is 1.87. The van der Waals surface area contributed by atoms with Gasteiger partial charge in [0.15, 0.2) is 0 Å². The summed E-state index contributed by atoms with van der Waals surface area (Å²) in [5.74, 6) is -4.69. The Morgan fingerprint density at radius 1 is 1.38 bits per heavy atom. The fourth-order valence-electron chi connectivity index (χ4n) is 1.56. The van der Waals surface area contributed by atoms with Crippen LogP contribution in [0.4, 0.5) is 13.2 Å². The van der Waals surface area contributed by atoms with Gasteiger partial charge in [0.05, 0.1) is 30.5 Å². The molecule has 21 heavy (non-hydrogen) atoms. The number of aromatic nitrogens is 2. The maximum Gasteiger partial charge on any atom is 0.277 e. The summed E-state index contributed by atoms with van der Waals surface area (Å²) in [4.78, 5) is 18.3. The van der Waals surface area contributed by atoms with Gasteiger partial charge in [-0.2, -0.15) is 0 Å². The molecule has 0 saturated carbocycles. The second-order valence-electron chi connectivity index (χ2n) is 3.99. The molecule has 5 nitrogen and oxygen atoms in total. The molecule has 0 unspecified atom stereocenters. The molecule has 2 aromatic rings. The zero-order valence-electron chi connectivity index (χ0n) is 10.5. The molecule has 0 aliphatic heterocycles. The number of carbonyl (C=O) groups excluding carboxylic acids is 1. The number of hydrogen-bond donors (Lipinski definition) is 3. The van der Waals surface area contributed by atoms with E-state index in [0.29, 0.717) is 5.52 Å². The fourth-order valence-corrected chi connectivity index (χ4v) is 1.56. The molecule has 1 aromatic heterocycles. The summed E-state index contributed by atoms with van der Waals surface area (Å²) in [7, 11) is 0. The van der Waals surface area contributed by atoms with Crippen LogP contribution in [0.3, 0.4) is 0 Å². The van der Waals surface area contributed by atoms with E-state index < -0.39 is 30.7 Å². The molecule has 0 radical (unpaired) electrons. The number of fused-ring (bicyclic) bond motifs is 1. The smallest absolute Gasteiger partial charge is 0.277 e. The van der Waals surface area contributed by atoms with Crippen LogP contribution in [0.1, 0.15) is 10.4 Å². The van der Waals surface area contributed by atoms with Crippen LogP contribution >= 0.6 is 24.8 Å². The minimum Gasteiger partial charge on any atom is -0.346 e. The normalized spacial score (nSPS) is 10.7. The van der Waals surface area contributed by atoms with E-state index in [1.807, 2.05) is 5.32 Å². The Hall–Kier alpha value is -1.51. The molecule has 0 aliphatic rings. The zero-order chi connectivity index (χ0) is 14.0. The van der Waals surface area contributed by atoms with Crippen molar-refractivity contribution in [1.82, 2.24) is 15.3 Å². The summed E-state index contributed by atoms with van der Waals surface area (Å²) >= 11 is 0. The van der Waals surface area contributed by atoms with Crippen LogP contribution in [0.2, 0.25) is 0 Å². The third-order valence-electron chi connectivity index (χ3n) is 2.54. The van der Waals surface area contributed by atoms with Crippen LogP contribution in [-0.4, -0.2) is 34.9 Å². The molecule has 0 atom stereocenters. The maximum absolute atomic E-state index is 13.3. The second-order valence-corrected chi connectivity index (χ2v) is 3.99. The molecule has 0 saturated heterocycles. The van der Waals surface area contributed by atoms with Gasteiger partial charge in [0.25, 0.3) is 11.8 Å². The number of H-pyrrole nitrogens is 1. The summed E-state index contributed by atoms with van der Waals surface area (Å²) in [5.41, 5.74) is 5.28. The Morgan fingerprint density at radius 2 is 2.05 bits per heavy atom. The molecule has 0 bridgehead atoms. The van der Waals surface area contributed by atoms with Crippen LogP contribution in [0, 0.1) is 5.82 Å². The van der Waals surface area contributed by atoms with Crippen LogP contribution < -0.4 is 11.1 Å². The molecule has 2 rings (SSSR count). The van der Waals surface area contributed by atoms with Crippen molar-refractivity contribution in [2.24, 2.45) is 5.73 Å². The quantitative estimate of drug-likeness (QED) is 0.791. The van der Waals surface area contributed by atoms with Gasteiger partial charge in [0.1, 0.15) is 11.3 Å². The van der Waals surface area contributed by atoms with Crippen LogP contribution in [0.25, 0.3) is 11.0 Å². The maximum atomic E-state index is 13.3. The van der Waals surface area contributed by atoms with Crippen LogP contribution in [-0.2, 0) is 0 Å². The van der Waals surface area contributed by atoms with Gasteiger partial charge in [-0.05, 0) is 12.1 Å². The average molecular weight is 345 g/mol. The van der Waals surface area contributed by atoms with Crippen molar-refractivity contribution < 1.29 is 18.0 Å². The number of nitrogens with one attached hydrogen (secondary N) is 2. The van der Waals surface area contributed by atoms with Crippen molar-refractivity contribution in [2.75, 3.05) is 13.1 Å². The van der Waals surface area contributed by atoms with Gasteiger partial charge in [-0.15, -0.1) is 24.8 Å². The van der Waals surface area contributed by atoms with E-state index >= 15 is 0 Å². The number of rotatable bonds is 4. The predicted molar refractivity (Wildman–Crippen MR) is 76.9 cm³/mol. The summed E-state index contributed by atoms with van der Waals surface area (Å²) in [5, 5.41) is 2.01. The van der Waals surface area contributed by atoms with Crippen LogP contribution in [0.5, 0.6) is 0 Å². The number of nitrogens with zero attached hydrogens (tertiary/aromatic N) is 1. The highest BCUT2D eigenvalue weighted by atomic mass is 35.5. The lowest BCUT2D eigenvalue weighted by molar-refractivity contribution is 0.0119. The van der Waals surface area contributed by atoms with E-state index in [1.54, 1.807) is 0 Å². The van der Waals surface area contributed by atoms with Crippen molar-refractivity contribution >= 4 is 41.8 Å². The van der Waals surface area contributed by atoms with Crippen LogP contribution in [0.15, 0.2) is 18.5 Å². The van der Waals surface area contributed by atoms with Crippen molar-refractivity contribution in [3.05, 3.63) is 29.8 Å². The minimum atomic E-state index is -3.20. The minimum absolute atomic E-state index is 0. The van der Waals surface area contributed by atoms with E-state index in [0.717, 1.165) is 12.1 Å². The molecule has 4 N–H and O–H groups in total. The molecule has 118 valence electrons. The Labute approximate surface area is 130 Å². The molecule has 1 heterocycles. The van der Waals surface area contributed by atoms with Gasteiger partial charge in [0.2, 0.25) is 0 Å². The van der Waals surface area contributed by atoms with E-state index in [-0.39, 0.29) is 35.9 Å². The fraction of sp³-hybridized carbons (Fsp3) is 0.273. The van der Waals surface area contributed by atoms with E-state index in [2.05, 4.69) is 9.97 Å². The first-order chi connectivity index (χ1) is 8.93. The lowest BCUT2D eigenvalue weighted by Crippen LogP contribution is -2.41. The van der Waals surface area contributed by atoms with Gasteiger partial charge in [-0.25, -0.2) is 18.2 Å². The first-order valence-electron chi connectivity index (χ1n) is 5.42. The van der Waals surface area contributed by atoms with Crippen molar-refractivity contribution in [3.63, 3.8) is 0 Å². The molecule has 1 amide bonds. The Bertz CT molecular complexity index is 621. The summed E-state index contributed by atoms with van der Waals surface area (Å²) in [6.45, 7) is -1.79. The van der Waals surface area contributed by atoms with E-state index in [1.165, 1.54) is 6.33 Å². The Balaban J connectivity index is 0.00000200. The van der Waals surface area contributed by atoms with Gasteiger partial charge in [-0.1, -0.05) is 0 Å². The number of imidazole rings is 1. The molecule has 1 aromatic carbocycles. The molecule has 0 spiro atoms. The van der Waals surface area contributed by atoms with Gasteiger partial charge in [-0.3, -0.25) is 4.79 Å². The Kier molecular flexibility index (Phi) is 6.95. The molecule has 0 aliphatic carbocycles. The van der Waals surface area contributed by atoms with Crippen molar-refractivity contribution in [2.45, 2.75) is 5.92 Å². The number of aromatic amines is 1. The third kappa shape index (κ3) is 4.48. The second kappa shape index (κ2) is 7.48. The van der Waals surface area contributed by atoms with Crippen molar-refractivity contribution in [1.29, 1.82) is 0 Å². The van der Waals surface area contributed by atoms with Crippen molar-refractivity contribution in [3.8, 4) is 0 Å². The Morgan fingerprint density at radius 3 is 2.67 bits per heavy atom. The van der Waals surface area contributed by atoms with E-state index in [4.69, 9.17) is 5.73 Å². The lowest BCUT2D eigenvalue weighted by Gasteiger charge is -2.14. The summed E-state index contributed by atoms with van der Waals surface area (Å²) < 4.78 is 39.1. The first-order valence-corrected chi connectivity index (χ1v) is 5.42. The number of nitrogens with two attached hydrogens (primary N) is 1. The lowest BCUT2D eigenvalue weighted by atomic mass is 10.1. The summed E-state index contributed by atoms with van der Waals surface area (Å²) in [6.07, 6.45) is 1.29. The molecule has 0 fully saturated rings. The SMILES string of the molecule is Cl.Cl.NCC(F)(F)CNC(=O)c1cc(F)cc2[nH]cnc12. The number of benzene rings is 1. The average Bonchev–Trinajstić information content (AvgIpc) is 2.83. The molecule has 10 heteroatoms. The zero-order valence-corrected chi connectivity index (χ0v) is 12.2. The largest absolute Gasteiger partial charge is 0.346 e. The summed E-state index contributed by atoms with van der Waals surface area (Å²) in [6, 6.07) is 2.10. The third-order valence-corrected chi connectivity index (χ3v) is 2.54. The first kappa shape index (κ1) is 19.5. The van der Waals surface area contributed by atoms with Gasteiger partial charge >= 0.3 is 0 Å². The standard InChI is InChI=1S/C11H11F3N4O.2ClH/c12-6-1-7(9-8(2-6)17-5-18-9)10(19)16-4-11(13,14)3-15;;/h1-2,5H,3-4,15H2,(H,16,19)(H,17,18);2*1H. The number of hydrogen-bond acceptors (Lipinski definition) is 3. The number of amides is 1. The highest BCUT2D eigenvalue weighted by Crippen LogP contribution is 2.17. The van der Waals surface area contributed by atoms with Gasteiger partial charge in [0, 0.05) is 0 Å². The number of halogens is 5.